The molecule has 2 aliphatic heterocycles. The minimum atomic E-state index is -5.78. The number of nitrogens with zero attached hydrogens (tertiary/aromatic N) is 3. The van der Waals surface area contributed by atoms with Crippen LogP contribution in [-0.4, -0.2) is 81.5 Å². The number of carbonyl (C=O) groups excluding carboxylic acids is 4. The maximum absolute atomic E-state index is 14.1. The van der Waals surface area contributed by atoms with E-state index in [9.17, 15) is 32.5 Å². The van der Waals surface area contributed by atoms with Gasteiger partial charge < -0.3 is 29.8 Å². The van der Waals surface area contributed by atoms with E-state index in [1.165, 1.54) is 27.7 Å². The number of para-hydroxylation sites is 1. The molecule has 2 aromatic carbocycles. The molecule has 0 aromatic heterocycles. The van der Waals surface area contributed by atoms with Gasteiger partial charge in [-0.3, -0.25) is 23.7 Å². The van der Waals surface area contributed by atoms with Crippen LogP contribution in [0.25, 0.3) is 6.08 Å². The number of halogens is 2. The first kappa shape index (κ1) is 32.0. The zero-order valence-electron chi connectivity index (χ0n) is 23.6. The van der Waals surface area contributed by atoms with Gasteiger partial charge >= 0.3 is 13.3 Å². The molecule has 0 aliphatic carbocycles. The van der Waals surface area contributed by atoms with E-state index in [0.29, 0.717) is 31.5 Å². The molecule has 4 rings (SSSR count). The predicted octanol–water partition coefficient (Wildman–Crippen LogP) is 2.69. The summed E-state index contributed by atoms with van der Waals surface area (Å²) in [7, 11) is -4.15. The van der Waals surface area contributed by atoms with Gasteiger partial charge in [-0.15, -0.1) is 0 Å². The predicted molar refractivity (Wildman–Crippen MR) is 154 cm³/mol. The summed E-state index contributed by atoms with van der Waals surface area (Å²) in [6.45, 7) is 1.55. The fourth-order valence-corrected chi connectivity index (χ4v) is 5.88. The Bertz CT molecular complexity index is 1470. The number of nitrogens with one attached hydrogen (secondary N) is 1. The van der Waals surface area contributed by atoms with Crippen LogP contribution in [0.2, 0.25) is 0 Å². The minimum absolute atomic E-state index is 0.0596. The first-order chi connectivity index (χ1) is 20.2. The molecule has 14 heteroatoms. The van der Waals surface area contributed by atoms with E-state index in [1.54, 1.807) is 31.3 Å². The Balaban J connectivity index is 1.55. The summed E-state index contributed by atoms with van der Waals surface area (Å²) >= 11 is 0. The molecule has 43 heavy (non-hydrogen) atoms. The lowest BCUT2D eigenvalue weighted by Gasteiger charge is -2.39. The van der Waals surface area contributed by atoms with Crippen molar-refractivity contribution in [3.05, 3.63) is 71.8 Å². The van der Waals surface area contributed by atoms with E-state index in [1.807, 2.05) is 6.07 Å². The summed E-state index contributed by atoms with van der Waals surface area (Å²) in [5.41, 5.74) is -4.62. The number of hydrogen-bond acceptors (Lipinski definition) is 5. The number of benzene rings is 2. The highest BCUT2D eigenvalue weighted by atomic mass is 31.2. The van der Waals surface area contributed by atoms with Crippen molar-refractivity contribution in [2.75, 3.05) is 25.0 Å². The fourth-order valence-electron chi connectivity index (χ4n) is 5.40. The van der Waals surface area contributed by atoms with Crippen LogP contribution >= 0.6 is 7.60 Å². The molecule has 0 bridgehead atoms. The third-order valence-corrected chi connectivity index (χ3v) is 8.73. The average Bonchev–Trinajstić information content (AvgIpc) is 3.39. The molecule has 2 heterocycles. The molecule has 2 saturated heterocycles. The molecular formula is C29H33F2N4O7P. The Labute approximate surface area is 247 Å². The Morgan fingerprint density at radius 1 is 1.07 bits per heavy atom. The van der Waals surface area contributed by atoms with Crippen LogP contribution in [0, 0.1) is 0 Å². The maximum atomic E-state index is 14.1. The van der Waals surface area contributed by atoms with E-state index in [2.05, 4.69) is 5.32 Å². The van der Waals surface area contributed by atoms with E-state index >= 15 is 0 Å². The third-order valence-electron chi connectivity index (χ3n) is 7.74. The van der Waals surface area contributed by atoms with Gasteiger partial charge in [0.1, 0.15) is 12.1 Å². The average molecular weight is 619 g/mol. The van der Waals surface area contributed by atoms with Crippen molar-refractivity contribution < 1.29 is 42.3 Å². The Morgan fingerprint density at radius 3 is 2.42 bits per heavy atom. The van der Waals surface area contributed by atoms with Crippen molar-refractivity contribution in [1.29, 1.82) is 0 Å². The Kier molecular flexibility index (Phi) is 9.48. The van der Waals surface area contributed by atoms with E-state index in [4.69, 9.17) is 9.79 Å². The van der Waals surface area contributed by atoms with Crippen molar-refractivity contribution in [1.82, 2.24) is 15.1 Å². The number of anilines is 1. The second-order valence-corrected chi connectivity index (χ2v) is 12.2. The van der Waals surface area contributed by atoms with Gasteiger partial charge in [-0.1, -0.05) is 36.4 Å². The summed E-state index contributed by atoms with van der Waals surface area (Å²) < 4.78 is 39.5. The van der Waals surface area contributed by atoms with Crippen LogP contribution in [0.5, 0.6) is 0 Å². The fraction of sp³-hybridized carbons (Fsp3) is 0.379. The highest BCUT2D eigenvalue weighted by Gasteiger charge is 2.50. The highest BCUT2D eigenvalue weighted by molar-refractivity contribution is 7.52. The second kappa shape index (κ2) is 12.7. The van der Waals surface area contributed by atoms with Crippen LogP contribution < -0.4 is 10.2 Å². The largest absolute Gasteiger partial charge is 0.399 e. The molecule has 4 amide bonds. The normalized spacial score (nSPS) is 21.3. The summed E-state index contributed by atoms with van der Waals surface area (Å²) in [4.78, 5) is 75.2. The van der Waals surface area contributed by atoms with Crippen LogP contribution in [0.15, 0.2) is 60.7 Å². The van der Waals surface area contributed by atoms with Gasteiger partial charge in [-0.05, 0) is 49.1 Å². The molecule has 0 unspecified atom stereocenters. The third kappa shape index (κ3) is 7.01. The Hall–Kier alpha value is -3.93. The number of likely N-dealkylation sites (N-methyl/N-ethyl adjacent to an activating group) is 1. The van der Waals surface area contributed by atoms with Gasteiger partial charge in [-0.25, -0.2) is 0 Å². The topological polar surface area (TPSA) is 148 Å². The SMILES string of the molecule is CC(=O)N1CC[C@H]2CC[C@@H](C(=O)N(C)c3ccccc3)N2C(=O)[C@@H](NC(=O)/C=C/c2cccc(C(F)(F)P(=O)(O)O)c2)C1. The first-order valence-electron chi connectivity index (χ1n) is 13.6. The molecule has 0 spiro atoms. The van der Waals surface area contributed by atoms with Gasteiger partial charge in [0.15, 0.2) is 0 Å². The lowest BCUT2D eigenvalue weighted by Crippen LogP contribution is -2.61. The van der Waals surface area contributed by atoms with Gasteiger partial charge in [0.25, 0.3) is 0 Å². The Morgan fingerprint density at radius 2 is 1.77 bits per heavy atom. The summed E-state index contributed by atoms with van der Waals surface area (Å²) in [6.07, 6.45) is 3.59. The highest BCUT2D eigenvalue weighted by Crippen LogP contribution is 2.59. The lowest BCUT2D eigenvalue weighted by atomic mass is 10.1. The van der Waals surface area contributed by atoms with Crippen molar-refractivity contribution in [3.63, 3.8) is 0 Å². The zero-order valence-corrected chi connectivity index (χ0v) is 24.5. The van der Waals surface area contributed by atoms with E-state index < -0.39 is 42.7 Å². The monoisotopic (exact) mass is 618 g/mol. The van der Waals surface area contributed by atoms with Crippen LogP contribution in [-0.2, 0) is 29.4 Å². The van der Waals surface area contributed by atoms with Crippen molar-refractivity contribution in [3.8, 4) is 0 Å². The number of hydrogen-bond donors (Lipinski definition) is 3. The number of fused-ring (bicyclic) bond motifs is 1. The quantitative estimate of drug-likeness (QED) is 0.319. The molecule has 3 N–H and O–H groups in total. The van der Waals surface area contributed by atoms with E-state index in [-0.39, 0.29) is 30.0 Å². The van der Waals surface area contributed by atoms with E-state index in [0.717, 1.165) is 30.4 Å². The molecule has 230 valence electrons. The molecule has 2 aliphatic rings. The van der Waals surface area contributed by atoms with Gasteiger partial charge in [0.05, 0.1) is 0 Å². The molecule has 11 nitrogen and oxygen atoms in total. The molecular weight excluding hydrogens is 585 g/mol. The molecule has 0 saturated carbocycles. The standard InChI is InChI=1S/C29H33F2N4O7P/c1-19(36)34-16-15-23-12-13-25(28(39)33(2)22-9-4-3-5-10-22)35(23)27(38)24(18-34)32-26(37)14-11-20-7-6-8-21(17-20)29(30,31)43(40,41)42/h3-11,14,17,23-25H,12-13,15-16,18H2,1-2H3,(H,32,37)(H2,40,41,42)/b14-11+/t23-,24+,25+/m1/s1. The molecule has 3 atom stereocenters. The van der Waals surface area contributed by atoms with Crippen molar-refractivity contribution in [2.24, 2.45) is 0 Å². The van der Waals surface area contributed by atoms with Crippen LogP contribution in [0.1, 0.15) is 37.3 Å². The number of rotatable bonds is 7. The number of amides is 4. The number of alkyl halides is 2. The summed E-state index contributed by atoms with van der Waals surface area (Å²) in [6, 6.07) is 10.9. The number of carbonyl (C=O) groups is 4. The maximum Gasteiger partial charge on any atom is 0.399 e. The molecule has 2 aromatic rings. The smallest absolute Gasteiger partial charge is 0.340 e. The van der Waals surface area contributed by atoms with Gasteiger partial charge in [-0.2, -0.15) is 8.78 Å². The molecule has 0 radical (unpaired) electrons. The summed E-state index contributed by atoms with van der Waals surface area (Å²) in [5, 5.41) is 2.59. The van der Waals surface area contributed by atoms with Gasteiger partial charge in [0.2, 0.25) is 23.6 Å². The van der Waals surface area contributed by atoms with Crippen molar-refractivity contribution >= 4 is 43.0 Å². The lowest BCUT2D eigenvalue weighted by molar-refractivity contribution is -0.145. The van der Waals surface area contributed by atoms with Crippen LogP contribution in [0.3, 0.4) is 0 Å². The van der Waals surface area contributed by atoms with Crippen LogP contribution in [0.4, 0.5) is 14.5 Å². The van der Waals surface area contributed by atoms with Gasteiger partial charge in [0, 0.05) is 50.4 Å². The zero-order chi connectivity index (χ0) is 31.5. The second-order valence-electron chi connectivity index (χ2n) is 10.6. The van der Waals surface area contributed by atoms with Crippen molar-refractivity contribution in [2.45, 2.75) is 50.0 Å². The summed E-state index contributed by atoms with van der Waals surface area (Å²) in [5.74, 6) is -1.84. The minimum Gasteiger partial charge on any atom is -0.340 e. The first-order valence-corrected chi connectivity index (χ1v) is 15.2. The molecule has 2 fully saturated rings.